The number of halogens is 4. The number of nitrogens with one attached hydrogen (secondary N) is 2. The second-order valence-corrected chi connectivity index (χ2v) is 16.0. The van der Waals surface area contributed by atoms with Crippen LogP contribution in [0.2, 0.25) is 10.0 Å². The minimum atomic E-state index is -1.10. The Morgan fingerprint density at radius 3 is 1.80 bits per heavy atom. The van der Waals surface area contributed by atoms with E-state index in [-0.39, 0.29) is 49.8 Å². The number of amides is 2. The van der Waals surface area contributed by atoms with E-state index in [0.717, 1.165) is 11.1 Å². The van der Waals surface area contributed by atoms with Crippen LogP contribution < -0.4 is 16.4 Å². The number of hydrogen-bond donors (Lipinski definition) is 4. The molecule has 0 spiro atoms. The summed E-state index contributed by atoms with van der Waals surface area (Å²) in [4.78, 5) is 59.8. The fourth-order valence-electron chi connectivity index (χ4n) is 6.92. The topological polar surface area (TPSA) is 209 Å². The second kappa shape index (κ2) is 26.0. The Kier molecular flexibility index (Phi) is 20.6. The van der Waals surface area contributed by atoms with Gasteiger partial charge in [-0.15, -0.1) is 0 Å². The third kappa shape index (κ3) is 16.3. The van der Waals surface area contributed by atoms with Crippen LogP contribution in [0, 0.1) is 23.5 Å². The number of carboxylic acid groups (broad SMARTS) is 1. The maximum absolute atomic E-state index is 14.3. The van der Waals surface area contributed by atoms with Gasteiger partial charge in [-0.05, 0) is 104 Å². The number of benzene rings is 4. The third-order valence-corrected chi connectivity index (χ3v) is 10.8. The molecular formula is C48H52Cl2F2N4O10. The summed E-state index contributed by atoms with van der Waals surface area (Å²) in [5, 5.41) is 19.3. The number of aromatic nitrogens is 1. The normalized spacial score (nSPS) is 12.6. The molecule has 5 aromatic rings. The Labute approximate surface area is 391 Å². The molecule has 352 valence electrons. The molecule has 0 unspecified atom stereocenters. The molecule has 0 aliphatic carbocycles. The van der Waals surface area contributed by atoms with Crippen molar-refractivity contribution in [3.05, 3.63) is 135 Å². The van der Waals surface area contributed by atoms with Crippen LogP contribution in [0.4, 0.5) is 18.4 Å². The van der Waals surface area contributed by atoms with E-state index in [4.69, 9.17) is 38.2 Å². The molecule has 0 bridgehead atoms. The van der Waals surface area contributed by atoms with Crippen molar-refractivity contribution in [2.45, 2.75) is 64.5 Å². The summed E-state index contributed by atoms with van der Waals surface area (Å²) in [6.45, 7) is 3.61. The van der Waals surface area contributed by atoms with E-state index in [2.05, 4.69) is 25.3 Å². The van der Waals surface area contributed by atoms with Gasteiger partial charge in [-0.25, -0.2) is 23.2 Å². The van der Waals surface area contributed by atoms with Crippen LogP contribution >= 0.6 is 23.2 Å². The van der Waals surface area contributed by atoms with Gasteiger partial charge in [0.2, 0.25) is 11.5 Å². The van der Waals surface area contributed by atoms with E-state index >= 15 is 0 Å². The van der Waals surface area contributed by atoms with Crippen LogP contribution in [-0.4, -0.2) is 79.6 Å². The zero-order valence-corrected chi connectivity index (χ0v) is 38.3. The van der Waals surface area contributed by atoms with Crippen LogP contribution in [0.1, 0.15) is 60.5 Å². The fourth-order valence-corrected chi connectivity index (χ4v) is 7.27. The molecule has 1 aromatic heterocycles. The van der Waals surface area contributed by atoms with Gasteiger partial charge in [0.25, 0.3) is 0 Å². The first-order chi connectivity index (χ1) is 31.5. The molecule has 2 amide bonds. The van der Waals surface area contributed by atoms with Gasteiger partial charge in [-0.1, -0.05) is 83.8 Å². The molecule has 0 saturated heterocycles. The van der Waals surface area contributed by atoms with E-state index in [1.807, 2.05) is 19.1 Å². The number of esters is 1. The molecule has 5 rings (SSSR count). The van der Waals surface area contributed by atoms with Crippen molar-refractivity contribution < 1.29 is 56.6 Å². The smallest absolute Gasteiger partial charge is 0.407 e. The number of Topliss-reactive ketones (excluding diaryl/α,β-unsaturated/α-hetero) is 1. The number of carbonyl (C=O) groups is 5. The first-order valence-electron chi connectivity index (χ1n) is 20.9. The molecule has 0 saturated carbocycles. The van der Waals surface area contributed by atoms with Gasteiger partial charge in [0.15, 0.2) is 0 Å². The number of rotatable bonds is 20. The molecule has 4 atom stereocenters. The Balaban J connectivity index is 0.000000297. The number of alkyl carbamates (subject to hydrolysis) is 2. The van der Waals surface area contributed by atoms with E-state index in [0.29, 0.717) is 57.3 Å². The molecule has 0 radical (unpaired) electrons. The Morgan fingerprint density at radius 2 is 1.32 bits per heavy atom. The van der Waals surface area contributed by atoms with Crippen molar-refractivity contribution >= 4 is 53.1 Å². The number of carbonyl (C=O) groups excluding carboxylic acids is 4. The summed E-state index contributed by atoms with van der Waals surface area (Å²) in [5.41, 5.74) is 10.7. The lowest BCUT2D eigenvalue weighted by molar-refractivity contribution is -0.146. The Bertz CT molecular complexity index is 2420. The highest BCUT2D eigenvalue weighted by molar-refractivity contribution is 6.31. The predicted octanol–water partition coefficient (Wildman–Crippen LogP) is 9.27. The Hall–Kier alpha value is -6.36. The largest absolute Gasteiger partial charge is 0.481 e. The third-order valence-electron chi connectivity index (χ3n) is 10.3. The molecule has 14 nitrogen and oxygen atoms in total. The number of carboxylic acids is 1. The predicted molar refractivity (Wildman–Crippen MR) is 244 cm³/mol. The van der Waals surface area contributed by atoms with Crippen molar-refractivity contribution in [2.24, 2.45) is 17.6 Å². The van der Waals surface area contributed by atoms with E-state index in [1.54, 1.807) is 61.5 Å². The van der Waals surface area contributed by atoms with Gasteiger partial charge in [-0.2, -0.15) is 0 Å². The fraction of sp³-hybridized carbons (Fsp3) is 0.333. The molecule has 0 aliphatic rings. The van der Waals surface area contributed by atoms with Crippen molar-refractivity contribution in [1.29, 1.82) is 0 Å². The SMILES string of the molecule is CCOC(=O)[C@@H](C[C@H](N)Cc1ccc(-c2cc(Cl)ccc2F)cc1)NC(=O)OC.CCc1cc(C(=O)C[C@H](Cc2ccc(-c3cc(Cl)ccc3F)cc2)C[C@@H](CNC(=O)OC)C(=O)O)on1. The van der Waals surface area contributed by atoms with Gasteiger partial charge in [0.05, 0.1) is 32.4 Å². The van der Waals surface area contributed by atoms with Gasteiger partial charge < -0.3 is 40.2 Å². The monoisotopic (exact) mass is 952 g/mol. The van der Waals surface area contributed by atoms with Gasteiger partial charge in [0.1, 0.15) is 17.7 Å². The van der Waals surface area contributed by atoms with Crippen LogP contribution in [0.25, 0.3) is 22.3 Å². The lowest BCUT2D eigenvalue weighted by atomic mass is 9.85. The van der Waals surface area contributed by atoms with E-state index in [1.165, 1.54) is 38.5 Å². The standard InChI is InChI=1S/C27H28ClFN2O6.C21H24ClFN2O4/c1-3-21-14-25(37-31-21)24(32)12-17(11-19(26(33)34)15-30-27(35)36-2)10-16-4-6-18(7-5-16)22-13-20(28)8-9-23(22)29;1-3-29-20(26)19(25-21(27)28-2)12-16(24)10-13-4-6-14(7-5-13)17-11-15(22)8-9-18(17)23/h4-9,13-14,17,19H,3,10-12,15H2,1-2H3,(H,30,35)(H,33,34);4-9,11,16,19H,3,10,12,24H2,1-2H3,(H,25,27)/t17-,19+;16-,19-/m11/s1. The van der Waals surface area contributed by atoms with Crippen molar-refractivity contribution in [2.75, 3.05) is 27.4 Å². The van der Waals surface area contributed by atoms with Gasteiger partial charge >= 0.3 is 24.1 Å². The number of nitrogens with zero attached hydrogens (tertiary/aromatic N) is 1. The van der Waals surface area contributed by atoms with E-state index in [9.17, 15) is 37.9 Å². The van der Waals surface area contributed by atoms with Crippen molar-refractivity contribution in [3.8, 4) is 22.3 Å². The maximum atomic E-state index is 14.3. The molecular weight excluding hydrogens is 901 g/mol. The molecule has 4 aromatic carbocycles. The van der Waals surface area contributed by atoms with Gasteiger partial charge in [0, 0.05) is 46.2 Å². The number of ether oxygens (including phenoxy) is 3. The molecule has 0 aliphatic heterocycles. The van der Waals surface area contributed by atoms with Crippen LogP contribution in [0.5, 0.6) is 0 Å². The summed E-state index contributed by atoms with van der Waals surface area (Å²) in [6, 6.07) is 23.3. The zero-order valence-electron chi connectivity index (χ0n) is 36.8. The van der Waals surface area contributed by atoms with E-state index < -0.39 is 53.9 Å². The minimum absolute atomic E-state index is 0.0189. The average Bonchev–Trinajstić information content (AvgIpc) is 3.80. The van der Waals surface area contributed by atoms with Crippen molar-refractivity contribution in [1.82, 2.24) is 15.8 Å². The molecule has 5 N–H and O–H groups in total. The number of aliphatic carboxylic acids is 1. The number of methoxy groups -OCH3 is 2. The maximum Gasteiger partial charge on any atom is 0.407 e. The number of ketones is 1. The summed E-state index contributed by atoms with van der Waals surface area (Å²) in [7, 11) is 2.40. The van der Waals surface area contributed by atoms with Crippen LogP contribution in [0.15, 0.2) is 95.5 Å². The number of nitrogens with two attached hydrogens (primary N) is 1. The first-order valence-corrected chi connectivity index (χ1v) is 21.7. The average molecular weight is 954 g/mol. The quantitative estimate of drug-likeness (QED) is 0.0327. The highest BCUT2D eigenvalue weighted by Gasteiger charge is 2.28. The van der Waals surface area contributed by atoms with Gasteiger partial charge in [-0.3, -0.25) is 9.59 Å². The van der Waals surface area contributed by atoms with Crippen LogP contribution in [-0.2, 0) is 43.1 Å². The molecule has 0 fully saturated rings. The van der Waals surface area contributed by atoms with Crippen LogP contribution in [0.3, 0.4) is 0 Å². The molecule has 18 heteroatoms. The summed E-state index contributed by atoms with van der Waals surface area (Å²) in [6.07, 6.45) is 0.283. The summed E-state index contributed by atoms with van der Waals surface area (Å²) >= 11 is 12.0. The number of aryl methyl sites for hydroxylation is 1. The highest BCUT2D eigenvalue weighted by Crippen LogP contribution is 2.30. The number of hydrogen-bond acceptors (Lipinski definition) is 11. The first kappa shape index (κ1) is 52.3. The molecule has 1 heterocycles. The summed E-state index contributed by atoms with van der Waals surface area (Å²) < 4.78 is 47.5. The molecule has 66 heavy (non-hydrogen) atoms. The Morgan fingerprint density at radius 1 is 0.773 bits per heavy atom. The lowest BCUT2D eigenvalue weighted by Gasteiger charge is -2.21. The second-order valence-electron chi connectivity index (χ2n) is 15.2. The van der Waals surface area contributed by atoms with Crippen molar-refractivity contribution in [3.63, 3.8) is 0 Å². The summed E-state index contributed by atoms with van der Waals surface area (Å²) in [5.74, 6) is -3.94. The zero-order chi connectivity index (χ0) is 48.3. The minimum Gasteiger partial charge on any atom is -0.481 e. The lowest BCUT2D eigenvalue weighted by Crippen LogP contribution is -2.45. The highest BCUT2D eigenvalue weighted by atomic mass is 35.5.